The van der Waals surface area contributed by atoms with E-state index in [1.54, 1.807) is 0 Å². The summed E-state index contributed by atoms with van der Waals surface area (Å²) in [5.41, 5.74) is 0. The molecule has 7 heavy (non-hydrogen) atoms. The molecule has 0 saturated heterocycles. The van der Waals surface area contributed by atoms with Crippen LogP contribution in [0.15, 0.2) is 0 Å². The van der Waals surface area contributed by atoms with Crippen LogP contribution in [-0.2, 0) is 0 Å². The fraction of sp³-hybridized carbons (Fsp3) is 1.00. The minimum Gasteiger partial charge on any atom is -0.318 e. The Bertz CT molecular complexity index is 46.5. The second-order valence-corrected chi connectivity index (χ2v) is 4.40. The van der Waals surface area contributed by atoms with Crippen LogP contribution < -0.4 is 5.32 Å². The Morgan fingerprint density at radius 3 is 2.00 bits per heavy atom. The normalized spacial score (nSPS) is 12.0. The average molecular weight is 166 g/mol. The van der Waals surface area contributed by atoms with E-state index in [0.29, 0.717) is 0 Å². The second-order valence-electron chi connectivity index (χ2n) is 2.25. The van der Waals surface area contributed by atoms with Crippen molar-refractivity contribution >= 4 is 15.9 Å². The summed E-state index contributed by atoms with van der Waals surface area (Å²) in [7, 11) is 1.95. The van der Waals surface area contributed by atoms with E-state index in [1.807, 2.05) is 7.05 Å². The van der Waals surface area contributed by atoms with Gasteiger partial charge in [-0.2, -0.15) is 0 Å². The van der Waals surface area contributed by atoms with Crippen molar-refractivity contribution in [1.82, 2.24) is 5.32 Å². The van der Waals surface area contributed by atoms with Gasteiger partial charge in [-0.15, -0.1) is 0 Å². The summed E-state index contributed by atoms with van der Waals surface area (Å²) in [5, 5.41) is 3.06. The fourth-order valence-electron chi connectivity index (χ4n) is 0.420. The van der Waals surface area contributed by atoms with Crippen LogP contribution in [0.3, 0.4) is 0 Å². The molecule has 0 atom stereocenters. The Morgan fingerprint density at radius 1 is 1.57 bits per heavy atom. The van der Waals surface area contributed by atoms with Crippen molar-refractivity contribution in [2.24, 2.45) is 0 Å². The molecular formula is C5H12BrN. The smallest absolute Gasteiger partial charge is 0.0325 e. The van der Waals surface area contributed by atoms with Gasteiger partial charge in [-0.1, -0.05) is 15.9 Å². The number of alkyl halides is 1. The van der Waals surface area contributed by atoms with Crippen molar-refractivity contribution in [1.29, 1.82) is 0 Å². The van der Waals surface area contributed by atoms with Crippen LogP contribution in [0.2, 0.25) is 0 Å². The summed E-state index contributed by atoms with van der Waals surface area (Å²) in [6.45, 7) is 5.26. The molecule has 0 bridgehead atoms. The molecule has 44 valence electrons. The lowest BCUT2D eigenvalue weighted by molar-refractivity contribution is 0.654. The van der Waals surface area contributed by atoms with Gasteiger partial charge in [-0.25, -0.2) is 0 Å². The summed E-state index contributed by atoms with van der Waals surface area (Å²) in [5.74, 6) is 0. The van der Waals surface area contributed by atoms with Crippen molar-refractivity contribution in [2.75, 3.05) is 13.6 Å². The maximum Gasteiger partial charge on any atom is 0.0325 e. The average Bonchev–Trinajstić information content (AvgIpc) is 1.30. The molecule has 0 aliphatic carbocycles. The van der Waals surface area contributed by atoms with Gasteiger partial charge >= 0.3 is 0 Å². The summed E-state index contributed by atoms with van der Waals surface area (Å²) in [6.07, 6.45) is 0. The molecule has 0 spiro atoms. The molecule has 0 aromatic rings. The van der Waals surface area contributed by atoms with E-state index in [2.05, 4.69) is 35.1 Å². The third kappa shape index (κ3) is 6.44. The Kier molecular flexibility index (Phi) is 2.84. The molecule has 0 aliphatic heterocycles. The van der Waals surface area contributed by atoms with Crippen LogP contribution in [0.5, 0.6) is 0 Å². The summed E-state index contributed by atoms with van der Waals surface area (Å²) in [4.78, 5) is 0. The number of hydrogen-bond donors (Lipinski definition) is 1. The maximum absolute atomic E-state index is 3.48. The molecule has 1 nitrogen and oxygen atoms in total. The van der Waals surface area contributed by atoms with Crippen LogP contribution >= 0.6 is 15.9 Å². The van der Waals surface area contributed by atoms with E-state index in [4.69, 9.17) is 0 Å². The lowest BCUT2D eigenvalue weighted by Gasteiger charge is -2.13. The minimum absolute atomic E-state index is 0.252. The van der Waals surface area contributed by atoms with Gasteiger partial charge in [0.05, 0.1) is 0 Å². The van der Waals surface area contributed by atoms with Crippen LogP contribution in [0.25, 0.3) is 0 Å². The zero-order chi connectivity index (χ0) is 5.91. The second kappa shape index (κ2) is 2.68. The number of nitrogens with one attached hydrogen (secondary N) is 1. The van der Waals surface area contributed by atoms with Crippen LogP contribution in [0, 0.1) is 0 Å². The van der Waals surface area contributed by atoms with E-state index in [-0.39, 0.29) is 4.32 Å². The highest BCUT2D eigenvalue weighted by atomic mass is 79.9. The zero-order valence-electron chi connectivity index (χ0n) is 5.09. The first-order valence-corrected chi connectivity index (χ1v) is 3.19. The monoisotopic (exact) mass is 165 g/mol. The Labute approximate surface area is 53.6 Å². The highest BCUT2D eigenvalue weighted by Gasteiger charge is 2.08. The molecule has 0 aliphatic rings. The standard InChI is InChI=1S/C5H12BrN/c1-5(2,6)4-7-3/h7H,4H2,1-3H3. The lowest BCUT2D eigenvalue weighted by Crippen LogP contribution is -2.26. The van der Waals surface area contributed by atoms with Crippen molar-refractivity contribution in [3.63, 3.8) is 0 Å². The van der Waals surface area contributed by atoms with E-state index < -0.39 is 0 Å². The predicted octanol–water partition coefficient (Wildman–Crippen LogP) is 1.38. The first-order chi connectivity index (χ1) is 3.06. The molecule has 2 heteroatoms. The van der Waals surface area contributed by atoms with Crippen LogP contribution in [0.4, 0.5) is 0 Å². The van der Waals surface area contributed by atoms with E-state index in [0.717, 1.165) is 6.54 Å². The SMILES string of the molecule is CNCC(C)(C)Br. The Hall–Kier alpha value is 0.440. The molecule has 0 aromatic carbocycles. The number of halogens is 1. The van der Waals surface area contributed by atoms with Gasteiger partial charge in [0.1, 0.15) is 0 Å². The topological polar surface area (TPSA) is 12.0 Å². The first kappa shape index (κ1) is 7.44. The van der Waals surface area contributed by atoms with Gasteiger partial charge in [-0.3, -0.25) is 0 Å². The van der Waals surface area contributed by atoms with Crippen molar-refractivity contribution in [3.05, 3.63) is 0 Å². The van der Waals surface area contributed by atoms with E-state index >= 15 is 0 Å². The third-order valence-electron chi connectivity index (χ3n) is 0.597. The third-order valence-corrected chi connectivity index (χ3v) is 0.878. The molecule has 1 N–H and O–H groups in total. The zero-order valence-corrected chi connectivity index (χ0v) is 6.67. The molecule has 0 amide bonds. The Balaban J connectivity index is 3.15. The van der Waals surface area contributed by atoms with E-state index in [9.17, 15) is 0 Å². The van der Waals surface area contributed by atoms with Crippen molar-refractivity contribution < 1.29 is 0 Å². The minimum atomic E-state index is 0.252. The van der Waals surface area contributed by atoms with Crippen molar-refractivity contribution in [3.8, 4) is 0 Å². The molecule has 0 fully saturated rings. The largest absolute Gasteiger partial charge is 0.318 e. The van der Waals surface area contributed by atoms with Gasteiger partial charge in [0.2, 0.25) is 0 Å². The molecule has 0 rings (SSSR count). The van der Waals surface area contributed by atoms with Crippen molar-refractivity contribution in [2.45, 2.75) is 18.2 Å². The van der Waals surface area contributed by atoms with Crippen LogP contribution in [-0.4, -0.2) is 17.9 Å². The summed E-state index contributed by atoms with van der Waals surface area (Å²) < 4.78 is 0.252. The quantitative estimate of drug-likeness (QED) is 0.611. The highest BCUT2D eigenvalue weighted by Crippen LogP contribution is 2.12. The van der Waals surface area contributed by atoms with Crippen LogP contribution in [0.1, 0.15) is 13.8 Å². The first-order valence-electron chi connectivity index (χ1n) is 2.40. The molecule has 0 aromatic heterocycles. The Morgan fingerprint density at radius 2 is 2.00 bits per heavy atom. The molecule has 0 saturated carbocycles. The van der Waals surface area contributed by atoms with Gasteiger partial charge in [-0.05, 0) is 20.9 Å². The molecule has 0 radical (unpaired) electrons. The summed E-state index contributed by atoms with van der Waals surface area (Å²) in [6, 6.07) is 0. The fourth-order valence-corrected chi connectivity index (χ4v) is 0.701. The predicted molar refractivity (Wildman–Crippen MR) is 36.9 cm³/mol. The van der Waals surface area contributed by atoms with Gasteiger partial charge in [0.25, 0.3) is 0 Å². The van der Waals surface area contributed by atoms with Gasteiger partial charge < -0.3 is 5.32 Å². The molecule has 0 heterocycles. The number of hydrogen-bond acceptors (Lipinski definition) is 1. The summed E-state index contributed by atoms with van der Waals surface area (Å²) >= 11 is 3.48. The maximum atomic E-state index is 3.48. The molecular weight excluding hydrogens is 154 g/mol. The van der Waals surface area contributed by atoms with E-state index in [1.165, 1.54) is 0 Å². The lowest BCUT2D eigenvalue weighted by atomic mass is 10.2. The highest BCUT2D eigenvalue weighted by molar-refractivity contribution is 9.10. The van der Waals surface area contributed by atoms with Gasteiger partial charge in [0.15, 0.2) is 0 Å². The van der Waals surface area contributed by atoms with Gasteiger partial charge in [0, 0.05) is 10.9 Å². The number of rotatable bonds is 2. The molecule has 0 unspecified atom stereocenters.